The highest BCUT2D eigenvalue weighted by Gasteiger charge is 2.14. The van der Waals surface area contributed by atoms with Crippen molar-refractivity contribution in [3.63, 3.8) is 0 Å². The van der Waals surface area contributed by atoms with E-state index < -0.39 is 10.0 Å². The van der Waals surface area contributed by atoms with Gasteiger partial charge in [0.15, 0.2) is 0 Å². The molecule has 0 bridgehead atoms. The summed E-state index contributed by atoms with van der Waals surface area (Å²) in [7, 11) is -3.31. The molecule has 134 valence electrons. The van der Waals surface area contributed by atoms with Gasteiger partial charge in [-0.3, -0.25) is 4.72 Å². The van der Waals surface area contributed by atoms with E-state index in [-0.39, 0.29) is 0 Å². The van der Waals surface area contributed by atoms with Crippen LogP contribution in [0.2, 0.25) is 0 Å². The van der Waals surface area contributed by atoms with Gasteiger partial charge in [-0.05, 0) is 51.6 Å². The van der Waals surface area contributed by atoms with Crippen molar-refractivity contribution in [3.8, 4) is 0 Å². The van der Waals surface area contributed by atoms with E-state index in [1.54, 1.807) is 6.07 Å². The molecular weight excluding hydrogens is 354 g/mol. The van der Waals surface area contributed by atoms with Crippen LogP contribution in [-0.2, 0) is 10.0 Å². The van der Waals surface area contributed by atoms with E-state index in [1.807, 2.05) is 42.5 Å². The van der Waals surface area contributed by atoms with Crippen LogP contribution in [0.3, 0.4) is 0 Å². The van der Waals surface area contributed by atoms with Gasteiger partial charge >= 0.3 is 0 Å². The fourth-order valence-corrected chi connectivity index (χ4v) is 3.88. The summed E-state index contributed by atoms with van der Waals surface area (Å²) in [6.45, 7) is 0. The van der Waals surface area contributed by atoms with E-state index in [4.69, 9.17) is 0 Å². The van der Waals surface area contributed by atoms with Gasteiger partial charge in [0.1, 0.15) is 0 Å². The molecule has 4 heteroatoms. The third-order valence-electron chi connectivity index (χ3n) is 4.45. The summed E-state index contributed by atoms with van der Waals surface area (Å²) in [6, 6.07) is 24.0. The second-order valence-electron chi connectivity index (χ2n) is 6.57. The fourth-order valence-electron chi connectivity index (χ4n) is 3.33. The van der Waals surface area contributed by atoms with Crippen molar-refractivity contribution in [3.05, 3.63) is 101 Å². The number of sulfonamides is 1. The van der Waals surface area contributed by atoms with Gasteiger partial charge in [0.2, 0.25) is 10.0 Å². The van der Waals surface area contributed by atoms with E-state index in [0.717, 1.165) is 39.6 Å². The van der Waals surface area contributed by atoms with Crippen LogP contribution in [0.5, 0.6) is 0 Å². The molecule has 3 nitrogen and oxygen atoms in total. The van der Waals surface area contributed by atoms with E-state index >= 15 is 0 Å². The Kier molecular flexibility index (Phi) is 4.42. The first-order valence-corrected chi connectivity index (χ1v) is 10.6. The largest absolute Gasteiger partial charge is 0.284 e. The summed E-state index contributed by atoms with van der Waals surface area (Å²) >= 11 is 0. The van der Waals surface area contributed by atoms with Crippen LogP contribution < -0.4 is 4.72 Å². The summed E-state index contributed by atoms with van der Waals surface area (Å²) in [5.74, 6) is 0. The molecule has 0 aromatic heterocycles. The predicted molar refractivity (Wildman–Crippen MR) is 114 cm³/mol. The van der Waals surface area contributed by atoms with Crippen molar-refractivity contribution in [1.29, 1.82) is 0 Å². The Hall–Kier alpha value is -3.11. The lowest BCUT2D eigenvalue weighted by Crippen LogP contribution is -2.09. The molecule has 0 amide bonds. The second-order valence-corrected chi connectivity index (χ2v) is 8.31. The minimum atomic E-state index is -3.31. The Morgan fingerprint density at radius 2 is 1.37 bits per heavy atom. The first-order chi connectivity index (χ1) is 13.0. The van der Waals surface area contributed by atoms with Gasteiger partial charge < -0.3 is 0 Å². The molecule has 0 saturated carbocycles. The summed E-state index contributed by atoms with van der Waals surface area (Å²) in [5.41, 5.74) is 7.23. The van der Waals surface area contributed by atoms with Gasteiger partial charge in [-0.15, -0.1) is 0 Å². The topological polar surface area (TPSA) is 46.2 Å². The van der Waals surface area contributed by atoms with Crippen molar-refractivity contribution in [1.82, 2.24) is 0 Å². The summed E-state index contributed by atoms with van der Waals surface area (Å²) in [6.07, 6.45) is 7.53. The highest BCUT2D eigenvalue weighted by Crippen LogP contribution is 2.35. The Morgan fingerprint density at radius 3 is 1.96 bits per heavy atom. The smallest absolute Gasteiger partial charge is 0.229 e. The lowest BCUT2D eigenvalue weighted by atomic mass is 9.92. The molecule has 1 aliphatic carbocycles. The standard InChI is InChI=1S/C23H19NO2S/c1-27(25,26)24-20-10-6-7-17(15-20)16-23-21-11-4-2-8-18(21)13-14-19-9-3-5-12-22(19)23/h2-16,24H,1H3. The van der Waals surface area contributed by atoms with Crippen molar-refractivity contribution >= 4 is 39.5 Å². The maximum absolute atomic E-state index is 11.5. The number of anilines is 1. The zero-order valence-electron chi connectivity index (χ0n) is 14.9. The molecule has 0 radical (unpaired) electrons. The molecule has 27 heavy (non-hydrogen) atoms. The average molecular weight is 373 g/mol. The first kappa shape index (κ1) is 17.3. The number of benzene rings is 3. The summed E-state index contributed by atoms with van der Waals surface area (Å²) < 4.78 is 25.6. The van der Waals surface area contributed by atoms with Crippen LogP contribution in [0.4, 0.5) is 5.69 Å². The molecule has 3 aromatic rings. The van der Waals surface area contributed by atoms with Crippen molar-refractivity contribution in [2.45, 2.75) is 0 Å². The minimum absolute atomic E-state index is 0.556. The highest BCUT2D eigenvalue weighted by molar-refractivity contribution is 7.92. The van der Waals surface area contributed by atoms with E-state index in [2.05, 4.69) is 47.2 Å². The molecule has 4 rings (SSSR count). The van der Waals surface area contributed by atoms with Gasteiger partial charge in [-0.1, -0.05) is 72.8 Å². The predicted octanol–water partition coefficient (Wildman–Crippen LogP) is 5.13. The maximum Gasteiger partial charge on any atom is 0.229 e. The molecule has 0 aliphatic heterocycles. The maximum atomic E-state index is 11.5. The highest BCUT2D eigenvalue weighted by atomic mass is 32.2. The summed E-state index contributed by atoms with van der Waals surface area (Å²) in [5, 5.41) is 0. The van der Waals surface area contributed by atoms with Crippen LogP contribution >= 0.6 is 0 Å². The van der Waals surface area contributed by atoms with Crippen LogP contribution in [0.25, 0.3) is 23.8 Å². The van der Waals surface area contributed by atoms with E-state index in [1.165, 1.54) is 0 Å². The fraction of sp³-hybridized carbons (Fsp3) is 0.0435. The van der Waals surface area contributed by atoms with Crippen LogP contribution in [-0.4, -0.2) is 14.7 Å². The third-order valence-corrected chi connectivity index (χ3v) is 5.05. The molecule has 3 aromatic carbocycles. The Labute approximate surface area is 159 Å². The molecule has 0 fully saturated rings. The lowest BCUT2D eigenvalue weighted by molar-refractivity contribution is 0.607. The molecular formula is C23H19NO2S. The van der Waals surface area contributed by atoms with Crippen LogP contribution in [0.15, 0.2) is 72.8 Å². The van der Waals surface area contributed by atoms with Crippen molar-refractivity contribution in [2.24, 2.45) is 0 Å². The molecule has 0 heterocycles. The molecule has 0 atom stereocenters. The molecule has 0 saturated heterocycles. The first-order valence-electron chi connectivity index (χ1n) is 8.66. The van der Waals surface area contributed by atoms with Gasteiger partial charge in [-0.2, -0.15) is 0 Å². The van der Waals surface area contributed by atoms with Gasteiger partial charge in [0.05, 0.1) is 6.26 Å². The quantitative estimate of drug-likeness (QED) is 0.541. The SMILES string of the molecule is CS(=O)(=O)Nc1cccc(C=C2c3ccccc3C=Cc3ccccc32)c1. The molecule has 1 N–H and O–H groups in total. The number of hydrogen-bond donors (Lipinski definition) is 1. The molecule has 0 unspecified atom stereocenters. The summed E-state index contributed by atoms with van der Waals surface area (Å²) in [4.78, 5) is 0. The monoisotopic (exact) mass is 373 g/mol. The zero-order chi connectivity index (χ0) is 18.9. The van der Waals surface area contributed by atoms with Gasteiger partial charge in [-0.25, -0.2) is 8.42 Å². The third kappa shape index (κ3) is 3.86. The number of nitrogens with one attached hydrogen (secondary N) is 1. The normalized spacial score (nSPS) is 12.7. The Morgan fingerprint density at radius 1 is 0.778 bits per heavy atom. The van der Waals surface area contributed by atoms with Crippen LogP contribution in [0.1, 0.15) is 27.8 Å². The van der Waals surface area contributed by atoms with Crippen molar-refractivity contribution in [2.75, 3.05) is 11.0 Å². The minimum Gasteiger partial charge on any atom is -0.284 e. The van der Waals surface area contributed by atoms with Gasteiger partial charge in [0.25, 0.3) is 0 Å². The second kappa shape index (κ2) is 6.89. The van der Waals surface area contributed by atoms with E-state index in [9.17, 15) is 8.42 Å². The number of fused-ring (bicyclic) bond motifs is 2. The van der Waals surface area contributed by atoms with Crippen molar-refractivity contribution < 1.29 is 8.42 Å². The lowest BCUT2D eigenvalue weighted by Gasteiger charge is -2.12. The van der Waals surface area contributed by atoms with Crippen LogP contribution in [0, 0.1) is 0 Å². The Bertz CT molecular complexity index is 1120. The Balaban J connectivity index is 1.88. The molecule has 0 spiro atoms. The number of rotatable bonds is 3. The number of hydrogen-bond acceptors (Lipinski definition) is 2. The van der Waals surface area contributed by atoms with E-state index in [0.29, 0.717) is 5.69 Å². The average Bonchev–Trinajstić information content (AvgIpc) is 2.79. The molecule has 1 aliphatic rings. The zero-order valence-corrected chi connectivity index (χ0v) is 15.7. The van der Waals surface area contributed by atoms with Gasteiger partial charge in [0, 0.05) is 5.69 Å².